The molecule has 0 amide bonds. The van der Waals surface area contributed by atoms with Gasteiger partial charge in [0.1, 0.15) is 5.82 Å². The zero-order valence-corrected chi connectivity index (χ0v) is 9.97. The molecule has 2 rings (SSSR count). The summed E-state index contributed by atoms with van der Waals surface area (Å²) in [6.07, 6.45) is -3.43. The van der Waals surface area contributed by atoms with Gasteiger partial charge in [-0.3, -0.25) is 4.79 Å². The van der Waals surface area contributed by atoms with Crippen molar-refractivity contribution in [2.45, 2.75) is 19.0 Å². The lowest BCUT2D eigenvalue weighted by molar-refractivity contribution is -0.137. The molecule has 6 heteroatoms. The minimum atomic E-state index is -4.59. The zero-order valence-electron chi connectivity index (χ0n) is 9.97. The van der Waals surface area contributed by atoms with Crippen molar-refractivity contribution >= 4 is 5.78 Å². The van der Waals surface area contributed by atoms with Crippen molar-refractivity contribution in [2.75, 3.05) is 13.2 Å². The summed E-state index contributed by atoms with van der Waals surface area (Å²) in [4.78, 5) is 12.0. The normalized spacial score (nSPS) is 20.3. The third kappa shape index (κ3) is 3.12. The Morgan fingerprint density at radius 3 is 2.63 bits per heavy atom. The number of ketones is 1. The van der Waals surface area contributed by atoms with E-state index in [4.69, 9.17) is 4.74 Å². The van der Waals surface area contributed by atoms with Gasteiger partial charge in [0, 0.05) is 12.5 Å². The first-order valence-corrected chi connectivity index (χ1v) is 5.88. The van der Waals surface area contributed by atoms with Crippen molar-refractivity contribution in [3.63, 3.8) is 0 Å². The van der Waals surface area contributed by atoms with E-state index in [-0.39, 0.29) is 6.61 Å². The minimum absolute atomic E-state index is 0.133. The number of hydrogen-bond donors (Lipinski definition) is 0. The third-order valence-corrected chi connectivity index (χ3v) is 3.09. The highest BCUT2D eigenvalue weighted by molar-refractivity contribution is 5.98. The zero-order chi connectivity index (χ0) is 14.0. The van der Waals surface area contributed by atoms with Gasteiger partial charge < -0.3 is 4.74 Å². The molecule has 1 fully saturated rings. The molecular weight excluding hydrogens is 264 g/mol. The first-order valence-electron chi connectivity index (χ1n) is 5.88. The Bertz CT molecular complexity index is 476. The van der Waals surface area contributed by atoms with Crippen molar-refractivity contribution in [1.29, 1.82) is 0 Å². The lowest BCUT2D eigenvalue weighted by atomic mass is 9.91. The molecular formula is C13H12F4O2. The average molecular weight is 276 g/mol. The molecule has 2 nitrogen and oxygen atoms in total. The second-order valence-corrected chi connectivity index (χ2v) is 4.47. The fraction of sp³-hybridized carbons (Fsp3) is 0.462. The third-order valence-electron chi connectivity index (χ3n) is 3.09. The summed E-state index contributed by atoms with van der Waals surface area (Å²) in [6, 6.07) is 1.88. The van der Waals surface area contributed by atoms with E-state index in [1.807, 2.05) is 0 Å². The predicted molar refractivity (Wildman–Crippen MR) is 59.3 cm³/mol. The highest BCUT2D eigenvalue weighted by Gasteiger charge is 2.33. The fourth-order valence-electron chi connectivity index (χ4n) is 2.06. The lowest BCUT2D eigenvalue weighted by Gasteiger charge is -2.21. The topological polar surface area (TPSA) is 26.3 Å². The second-order valence-electron chi connectivity index (χ2n) is 4.47. The number of benzene rings is 1. The highest BCUT2D eigenvalue weighted by Crippen LogP contribution is 2.31. The van der Waals surface area contributed by atoms with Gasteiger partial charge in [-0.2, -0.15) is 13.2 Å². The monoisotopic (exact) mass is 276 g/mol. The number of rotatable bonds is 2. The van der Waals surface area contributed by atoms with Crippen molar-refractivity contribution in [3.05, 3.63) is 35.1 Å². The molecule has 1 aliphatic rings. The van der Waals surface area contributed by atoms with Crippen LogP contribution in [0.5, 0.6) is 0 Å². The summed E-state index contributed by atoms with van der Waals surface area (Å²) < 4.78 is 56.3. The standard InChI is InChI=1S/C13H12F4O2/c14-11-4-3-9(13(15,16)17)6-10(11)12(18)8-2-1-5-19-7-8/h3-4,6,8H,1-2,5,7H2. The van der Waals surface area contributed by atoms with Crippen LogP contribution in [0.25, 0.3) is 0 Å². The van der Waals surface area contributed by atoms with Gasteiger partial charge in [0.25, 0.3) is 0 Å². The molecule has 1 saturated heterocycles. The number of Topliss-reactive ketones (excluding diaryl/α,β-unsaturated/α-hetero) is 1. The van der Waals surface area contributed by atoms with Crippen molar-refractivity contribution in [3.8, 4) is 0 Å². The Morgan fingerprint density at radius 1 is 1.32 bits per heavy atom. The molecule has 0 aliphatic carbocycles. The number of carbonyl (C=O) groups excluding carboxylic acids is 1. The number of hydrogen-bond acceptors (Lipinski definition) is 2. The Balaban J connectivity index is 2.30. The molecule has 0 N–H and O–H groups in total. The predicted octanol–water partition coefficient (Wildman–Crippen LogP) is 3.45. The molecule has 1 heterocycles. The number of ether oxygens (including phenoxy) is 1. The first-order chi connectivity index (χ1) is 8.89. The number of carbonyl (C=O) groups is 1. The van der Waals surface area contributed by atoms with E-state index in [1.54, 1.807) is 0 Å². The summed E-state index contributed by atoms with van der Waals surface area (Å²) >= 11 is 0. The summed E-state index contributed by atoms with van der Waals surface area (Å²) in [7, 11) is 0. The average Bonchev–Trinajstić information content (AvgIpc) is 2.38. The summed E-state index contributed by atoms with van der Waals surface area (Å²) in [6.45, 7) is 0.656. The first kappa shape index (κ1) is 14.0. The summed E-state index contributed by atoms with van der Waals surface area (Å²) in [5.41, 5.74) is -1.53. The van der Waals surface area contributed by atoms with E-state index >= 15 is 0 Å². The van der Waals surface area contributed by atoms with Crippen molar-refractivity contribution < 1.29 is 27.1 Å². The van der Waals surface area contributed by atoms with E-state index in [1.165, 1.54) is 0 Å². The van der Waals surface area contributed by atoms with E-state index in [0.29, 0.717) is 37.6 Å². The van der Waals surface area contributed by atoms with E-state index < -0.39 is 34.8 Å². The second kappa shape index (κ2) is 5.28. The van der Waals surface area contributed by atoms with Crippen molar-refractivity contribution in [2.24, 2.45) is 5.92 Å². The van der Waals surface area contributed by atoms with Crippen LogP contribution < -0.4 is 0 Å². The van der Waals surface area contributed by atoms with Crippen LogP contribution in [0.4, 0.5) is 17.6 Å². The van der Waals surface area contributed by atoms with Gasteiger partial charge in [-0.05, 0) is 31.0 Å². The van der Waals surface area contributed by atoms with Crippen LogP contribution >= 0.6 is 0 Å². The van der Waals surface area contributed by atoms with Gasteiger partial charge >= 0.3 is 6.18 Å². The lowest BCUT2D eigenvalue weighted by Crippen LogP contribution is -2.26. The number of alkyl halides is 3. The largest absolute Gasteiger partial charge is 0.416 e. The maximum atomic E-state index is 13.5. The van der Waals surface area contributed by atoms with Crippen LogP contribution in [0, 0.1) is 11.7 Å². The Kier molecular flexibility index (Phi) is 3.89. The van der Waals surface area contributed by atoms with E-state index in [2.05, 4.69) is 0 Å². The summed E-state index contributed by atoms with van der Waals surface area (Å²) in [5.74, 6) is -2.11. The number of halogens is 4. The molecule has 0 aromatic heterocycles. The Morgan fingerprint density at radius 2 is 2.05 bits per heavy atom. The molecule has 19 heavy (non-hydrogen) atoms. The molecule has 0 saturated carbocycles. The smallest absolute Gasteiger partial charge is 0.381 e. The van der Waals surface area contributed by atoms with Gasteiger partial charge in [-0.25, -0.2) is 4.39 Å². The molecule has 104 valence electrons. The van der Waals surface area contributed by atoms with Gasteiger partial charge in [0.05, 0.1) is 17.7 Å². The Hall–Kier alpha value is -1.43. The van der Waals surface area contributed by atoms with Gasteiger partial charge in [-0.15, -0.1) is 0 Å². The van der Waals surface area contributed by atoms with Crippen LogP contribution in [-0.4, -0.2) is 19.0 Å². The quantitative estimate of drug-likeness (QED) is 0.611. The molecule has 0 bridgehead atoms. The van der Waals surface area contributed by atoms with Crippen LogP contribution in [-0.2, 0) is 10.9 Å². The maximum absolute atomic E-state index is 13.5. The molecule has 0 spiro atoms. The van der Waals surface area contributed by atoms with Crippen LogP contribution in [0.3, 0.4) is 0 Å². The van der Waals surface area contributed by atoms with Crippen molar-refractivity contribution in [1.82, 2.24) is 0 Å². The molecule has 1 aromatic carbocycles. The van der Waals surface area contributed by atoms with E-state index in [0.717, 1.165) is 0 Å². The molecule has 0 radical (unpaired) electrons. The highest BCUT2D eigenvalue weighted by atomic mass is 19.4. The van der Waals surface area contributed by atoms with Crippen LogP contribution in [0.2, 0.25) is 0 Å². The van der Waals surface area contributed by atoms with Gasteiger partial charge in [-0.1, -0.05) is 0 Å². The molecule has 1 aromatic rings. The van der Waals surface area contributed by atoms with Crippen LogP contribution in [0.1, 0.15) is 28.8 Å². The fourth-order valence-corrected chi connectivity index (χ4v) is 2.06. The minimum Gasteiger partial charge on any atom is -0.381 e. The molecule has 1 unspecified atom stereocenters. The Labute approximate surface area is 107 Å². The molecule has 1 atom stereocenters. The summed E-state index contributed by atoms with van der Waals surface area (Å²) in [5, 5.41) is 0. The van der Waals surface area contributed by atoms with Crippen LogP contribution in [0.15, 0.2) is 18.2 Å². The molecule has 1 aliphatic heterocycles. The van der Waals surface area contributed by atoms with Gasteiger partial charge in [0.15, 0.2) is 5.78 Å². The SMILES string of the molecule is O=C(c1cc(C(F)(F)F)ccc1F)C1CCCOC1. The van der Waals surface area contributed by atoms with E-state index in [9.17, 15) is 22.4 Å². The van der Waals surface area contributed by atoms with Gasteiger partial charge in [0.2, 0.25) is 0 Å². The maximum Gasteiger partial charge on any atom is 0.416 e.